The molecule has 0 bridgehead atoms. The van der Waals surface area contributed by atoms with Crippen LogP contribution in [0.5, 0.6) is 0 Å². The number of carbonyl (C=O) groups is 2. The lowest BCUT2D eigenvalue weighted by Crippen LogP contribution is -2.52. The summed E-state index contributed by atoms with van der Waals surface area (Å²) in [5, 5.41) is 0. The van der Waals surface area contributed by atoms with Gasteiger partial charge in [0.1, 0.15) is 0 Å². The molecule has 1 unspecified atom stereocenters. The molecule has 0 spiro atoms. The van der Waals surface area contributed by atoms with Crippen molar-refractivity contribution in [3.05, 3.63) is 28.7 Å². The van der Waals surface area contributed by atoms with Gasteiger partial charge in [-0.2, -0.15) is 0 Å². The highest BCUT2D eigenvalue weighted by atomic mass is 79.9. The SMILES string of the molecule is COC(=O)C(C)(C=O)N(C)c1ccc(Br)cc1. The number of rotatable bonds is 4. The van der Waals surface area contributed by atoms with Gasteiger partial charge in [0.05, 0.1) is 7.11 Å². The van der Waals surface area contributed by atoms with Crippen molar-refractivity contribution in [1.29, 1.82) is 0 Å². The van der Waals surface area contributed by atoms with Crippen molar-refractivity contribution in [1.82, 2.24) is 0 Å². The van der Waals surface area contributed by atoms with Crippen LogP contribution in [0.3, 0.4) is 0 Å². The molecule has 92 valence electrons. The van der Waals surface area contributed by atoms with Gasteiger partial charge in [-0.1, -0.05) is 15.9 Å². The number of likely N-dealkylation sites (N-methyl/N-ethyl adjacent to an activating group) is 1. The Kier molecular flexibility index (Phi) is 4.28. The number of methoxy groups -OCH3 is 1. The third-order valence-corrected chi connectivity index (χ3v) is 3.27. The standard InChI is InChI=1S/C12H14BrNO3/c1-12(8-15,11(16)17-3)14(2)10-6-4-9(13)5-7-10/h4-8H,1-3H3. The quantitative estimate of drug-likeness (QED) is 0.485. The van der Waals surface area contributed by atoms with Crippen molar-refractivity contribution < 1.29 is 14.3 Å². The van der Waals surface area contributed by atoms with Crippen molar-refractivity contribution >= 4 is 33.9 Å². The van der Waals surface area contributed by atoms with Crippen LogP contribution in [0.1, 0.15) is 6.92 Å². The zero-order valence-electron chi connectivity index (χ0n) is 9.94. The Balaban J connectivity index is 3.09. The number of benzene rings is 1. The van der Waals surface area contributed by atoms with Gasteiger partial charge in [0.15, 0.2) is 11.8 Å². The van der Waals surface area contributed by atoms with E-state index in [2.05, 4.69) is 20.7 Å². The van der Waals surface area contributed by atoms with Crippen molar-refractivity contribution in [2.75, 3.05) is 19.1 Å². The lowest BCUT2D eigenvalue weighted by atomic mass is 10.0. The number of halogens is 1. The zero-order chi connectivity index (χ0) is 13.1. The molecule has 1 atom stereocenters. The molecule has 1 aromatic rings. The van der Waals surface area contributed by atoms with E-state index in [1.807, 2.05) is 24.3 Å². The van der Waals surface area contributed by atoms with Crippen LogP contribution in [0.25, 0.3) is 0 Å². The second-order valence-corrected chi connectivity index (χ2v) is 4.71. The van der Waals surface area contributed by atoms with E-state index in [0.717, 1.165) is 10.2 Å². The third-order valence-electron chi connectivity index (χ3n) is 2.74. The third kappa shape index (κ3) is 2.66. The van der Waals surface area contributed by atoms with Crippen molar-refractivity contribution in [2.45, 2.75) is 12.5 Å². The Hall–Kier alpha value is -1.36. The van der Waals surface area contributed by atoms with Crippen LogP contribution >= 0.6 is 15.9 Å². The minimum Gasteiger partial charge on any atom is -0.467 e. The molecular weight excluding hydrogens is 286 g/mol. The van der Waals surface area contributed by atoms with Gasteiger partial charge < -0.3 is 14.4 Å². The highest BCUT2D eigenvalue weighted by Crippen LogP contribution is 2.24. The Morgan fingerprint density at radius 2 is 1.94 bits per heavy atom. The predicted octanol–water partition coefficient (Wildman–Crippen LogP) is 2.02. The van der Waals surface area contributed by atoms with E-state index in [1.165, 1.54) is 14.0 Å². The molecule has 0 heterocycles. The number of carbonyl (C=O) groups excluding carboxylic acids is 2. The fraction of sp³-hybridized carbons (Fsp3) is 0.333. The molecule has 4 nitrogen and oxygen atoms in total. The van der Waals surface area contributed by atoms with Gasteiger partial charge in [-0.05, 0) is 31.2 Å². The number of aldehydes is 1. The normalized spacial score (nSPS) is 13.6. The predicted molar refractivity (Wildman–Crippen MR) is 69.0 cm³/mol. The Morgan fingerprint density at radius 1 is 1.41 bits per heavy atom. The highest BCUT2D eigenvalue weighted by molar-refractivity contribution is 9.10. The Labute approximate surface area is 109 Å². The highest BCUT2D eigenvalue weighted by Gasteiger charge is 2.38. The Bertz CT molecular complexity index is 418. The molecule has 0 amide bonds. The van der Waals surface area contributed by atoms with Crippen molar-refractivity contribution in [3.8, 4) is 0 Å². The molecule has 1 aromatic carbocycles. The van der Waals surface area contributed by atoms with E-state index < -0.39 is 11.5 Å². The Morgan fingerprint density at radius 3 is 2.35 bits per heavy atom. The first-order valence-corrected chi connectivity index (χ1v) is 5.79. The van der Waals surface area contributed by atoms with Gasteiger partial charge in [0.2, 0.25) is 0 Å². The number of esters is 1. The monoisotopic (exact) mass is 299 g/mol. The average Bonchev–Trinajstić information content (AvgIpc) is 2.36. The van der Waals surface area contributed by atoms with E-state index in [-0.39, 0.29) is 0 Å². The molecule has 0 radical (unpaired) electrons. The second kappa shape index (κ2) is 5.31. The smallest absolute Gasteiger partial charge is 0.338 e. The summed E-state index contributed by atoms with van der Waals surface area (Å²) in [5.74, 6) is -0.585. The van der Waals surface area contributed by atoms with Gasteiger partial charge in [-0.25, -0.2) is 4.79 Å². The van der Waals surface area contributed by atoms with Crippen molar-refractivity contribution in [2.24, 2.45) is 0 Å². The van der Waals surface area contributed by atoms with Crippen LogP contribution in [0, 0.1) is 0 Å². The molecule has 0 aromatic heterocycles. The van der Waals surface area contributed by atoms with Crippen LogP contribution in [0.2, 0.25) is 0 Å². The van der Waals surface area contributed by atoms with E-state index in [1.54, 1.807) is 11.9 Å². The second-order valence-electron chi connectivity index (χ2n) is 3.79. The summed E-state index contributed by atoms with van der Waals surface area (Å²) in [6, 6.07) is 7.31. The molecule has 0 aliphatic heterocycles. The summed E-state index contributed by atoms with van der Waals surface area (Å²) in [6.45, 7) is 1.52. The van der Waals surface area contributed by atoms with E-state index in [9.17, 15) is 9.59 Å². The van der Waals surface area contributed by atoms with Gasteiger partial charge in [0.25, 0.3) is 0 Å². The van der Waals surface area contributed by atoms with Gasteiger partial charge >= 0.3 is 5.97 Å². The summed E-state index contributed by atoms with van der Waals surface area (Å²) >= 11 is 3.33. The summed E-state index contributed by atoms with van der Waals surface area (Å²) < 4.78 is 5.58. The molecule has 0 aliphatic rings. The minimum absolute atomic E-state index is 0.584. The number of hydrogen-bond acceptors (Lipinski definition) is 4. The molecular formula is C12H14BrNO3. The van der Waals surface area contributed by atoms with Crippen LogP contribution in [-0.2, 0) is 14.3 Å². The lowest BCUT2D eigenvalue weighted by Gasteiger charge is -2.33. The van der Waals surface area contributed by atoms with Crippen LogP contribution in [0.4, 0.5) is 5.69 Å². The summed E-state index contributed by atoms with van der Waals surface area (Å²) in [6.07, 6.45) is 0.584. The van der Waals surface area contributed by atoms with Gasteiger partial charge in [-0.3, -0.25) is 0 Å². The molecule has 0 fully saturated rings. The molecule has 0 N–H and O–H groups in total. The molecule has 17 heavy (non-hydrogen) atoms. The summed E-state index contributed by atoms with van der Waals surface area (Å²) in [5.41, 5.74) is -0.559. The first kappa shape index (κ1) is 13.7. The largest absolute Gasteiger partial charge is 0.467 e. The van der Waals surface area contributed by atoms with Gasteiger partial charge in [-0.15, -0.1) is 0 Å². The number of anilines is 1. The van der Waals surface area contributed by atoms with Crippen LogP contribution in [-0.4, -0.2) is 32.0 Å². The average molecular weight is 300 g/mol. The number of hydrogen-bond donors (Lipinski definition) is 0. The summed E-state index contributed by atoms with van der Waals surface area (Å²) in [4.78, 5) is 24.4. The van der Waals surface area contributed by atoms with E-state index in [4.69, 9.17) is 0 Å². The molecule has 0 saturated carbocycles. The van der Waals surface area contributed by atoms with Crippen LogP contribution < -0.4 is 4.90 Å². The first-order valence-electron chi connectivity index (χ1n) is 5.00. The van der Waals surface area contributed by atoms with Crippen LogP contribution in [0.15, 0.2) is 28.7 Å². The lowest BCUT2D eigenvalue weighted by molar-refractivity contribution is -0.147. The molecule has 1 rings (SSSR count). The fourth-order valence-corrected chi connectivity index (χ4v) is 1.67. The first-order chi connectivity index (χ1) is 7.95. The molecule has 0 saturated heterocycles. The van der Waals surface area contributed by atoms with E-state index in [0.29, 0.717) is 6.29 Å². The maximum Gasteiger partial charge on any atom is 0.338 e. The zero-order valence-corrected chi connectivity index (χ0v) is 11.5. The minimum atomic E-state index is -1.32. The maximum absolute atomic E-state index is 11.6. The van der Waals surface area contributed by atoms with Gasteiger partial charge in [0, 0.05) is 17.2 Å². The molecule has 0 aliphatic carbocycles. The topological polar surface area (TPSA) is 46.6 Å². The number of ether oxygens (including phenoxy) is 1. The summed E-state index contributed by atoms with van der Waals surface area (Å²) in [7, 11) is 2.94. The fourth-order valence-electron chi connectivity index (χ4n) is 1.40. The van der Waals surface area contributed by atoms with E-state index >= 15 is 0 Å². The number of nitrogens with zero attached hydrogens (tertiary/aromatic N) is 1. The molecule has 5 heteroatoms. The van der Waals surface area contributed by atoms with Crippen molar-refractivity contribution in [3.63, 3.8) is 0 Å². The maximum atomic E-state index is 11.6.